The Hall–Kier alpha value is -3.89. The number of hydrogen-bond donors (Lipinski definition) is 1. The number of rotatable bonds is 5. The fourth-order valence-electron chi connectivity index (χ4n) is 4.72. The molecule has 5 aromatic rings. The molecule has 1 aliphatic heterocycles. The van der Waals surface area contributed by atoms with Gasteiger partial charge >= 0.3 is 0 Å². The fraction of sp³-hybridized carbons (Fsp3) is 0.259. The van der Waals surface area contributed by atoms with Crippen molar-refractivity contribution in [3.05, 3.63) is 77.3 Å². The van der Waals surface area contributed by atoms with Gasteiger partial charge in [-0.2, -0.15) is 0 Å². The number of aromatic nitrogens is 4. The molecule has 188 valence electrons. The van der Waals surface area contributed by atoms with Gasteiger partial charge in [0.2, 0.25) is 5.91 Å². The number of halogens is 1. The third-order valence-electron chi connectivity index (χ3n) is 6.95. The van der Waals surface area contributed by atoms with Crippen LogP contribution in [0.25, 0.3) is 26.8 Å². The molecule has 0 aliphatic carbocycles. The van der Waals surface area contributed by atoms with Crippen LogP contribution in [0.5, 0.6) is 0 Å². The molecule has 3 aromatic heterocycles. The van der Waals surface area contributed by atoms with Gasteiger partial charge in [0.05, 0.1) is 11.1 Å². The number of benzene rings is 2. The molecule has 0 bridgehead atoms. The first-order valence-electron chi connectivity index (χ1n) is 12.1. The van der Waals surface area contributed by atoms with Crippen LogP contribution >= 0.6 is 11.3 Å². The van der Waals surface area contributed by atoms with Gasteiger partial charge in [-0.3, -0.25) is 9.69 Å². The zero-order chi connectivity index (χ0) is 25.5. The fourth-order valence-corrected chi connectivity index (χ4v) is 5.49. The number of anilines is 1. The number of carbonyl (C=O) groups excluding carboxylic acids is 1. The largest absolute Gasteiger partial charge is 0.353 e. The summed E-state index contributed by atoms with van der Waals surface area (Å²) in [7, 11) is 1.97. The Balaban J connectivity index is 1.21. The van der Waals surface area contributed by atoms with Gasteiger partial charge in [0, 0.05) is 37.1 Å². The van der Waals surface area contributed by atoms with Gasteiger partial charge in [-0.15, -0.1) is 16.4 Å². The first kappa shape index (κ1) is 23.5. The number of likely N-dealkylation sites (N-methyl/N-ethyl adjacent to an activating group) is 1. The van der Waals surface area contributed by atoms with E-state index in [0.717, 1.165) is 16.8 Å². The molecule has 6 rings (SSSR count). The molecule has 1 saturated heterocycles. The number of aryl methyl sites for hydroxylation is 1. The number of thiophene rings is 1. The lowest BCUT2D eigenvalue weighted by molar-refractivity contribution is -0.126. The number of hydrogen-bond acceptors (Lipinski definition) is 7. The lowest BCUT2D eigenvalue weighted by atomic mass is 10.1. The number of nitrogens with zero attached hydrogens (tertiary/aromatic N) is 6. The molecule has 4 heterocycles. The molecule has 1 N–H and O–H groups in total. The highest BCUT2D eigenvalue weighted by Gasteiger charge is 2.31. The molecular weight excluding hydrogens is 489 g/mol. The van der Waals surface area contributed by atoms with Crippen LogP contribution in [0.4, 0.5) is 10.2 Å². The molecule has 2 aromatic carbocycles. The minimum atomic E-state index is -0.329. The normalized spacial score (nSPS) is 16.5. The van der Waals surface area contributed by atoms with Crippen molar-refractivity contribution in [2.24, 2.45) is 0 Å². The zero-order valence-electron chi connectivity index (χ0n) is 20.6. The number of carbonyl (C=O) groups is 1. The lowest BCUT2D eigenvalue weighted by Gasteiger charge is -2.39. The van der Waals surface area contributed by atoms with E-state index in [2.05, 4.69) is 59.8 Å². The molecule has 1 fully saturated rings. The zero-order valence-corrected chi connectivity index (χ0v) is 21.4. The summed E-state index contributed by atoms with van der Waals surface area (Å²) in [4.78, 5) is 26.3. The summed E-state index contributed by atoms with van der Waals surface area (Å²) < 4.78 is 17.0. The van der Waals surface area contributed by atoms with Gasteiger partial charge in [-0.05, 0) is 66.2 Å². The Kier molecular flexibility index (Phi) is 6.05. The van der Waals surface area contributed by atoms with Crippen molar-refractivity contribution in [2.75, 3.05) is 31.6 Å². The predicted molar refractivity (Wildman–Crippen MR) is 144 cm³/mol. The number of nitrogens with one attached hydrogen (secondary N) is 1. The number of piperazine rings is 1. The quantitative estimate of drug-likeness (QED) is 0.382. The standard InChI is InChI=1S/C27H26FN7OS/c1-17-3-5-20(12-22(17)28)35-14-21-25(32-35)30-16-31-26(21)34-9-8-33(2)23(15-34)27(36)29-13-18-4-6-24-19(11-18)7-10-37-24/h3-7,10-12,14,16,23H,8-9,13,15H2,1-2H3,(H,29,36). The van der Waals surface area contributed by atoms with Crippen LogP contribution in [0.3, 0.4) is 0 Å². The second-order valence-corrected chi connectivity index (χ2v) is 10.3. The maximum absolute atomic E-state index is 14.2. The molecule has 0 saturated carbocycles. The van der Waals surface area contributed by atoms with Crippen LogP contribution in [-0.2, 0) is 11.3 Å². The molecule has 37 heavy (non-hydrogen) atoms. The van der Waals surface area contributed by atoms with E-state index >= 15 is 0 Å². The van der Waals surface area contributed by atoms with Crippen LogP contribution in [0.15, 0.2) is 60.4 Å². The number of fused-ring (bicyclic) bond motifs is 2. The van der Waals surface area contributed by atoms with Crippen LogP contribution in [0.1, 0.15) is 11.1 Å². The third kappa shape index (κ3) is 4.54. The van der Waals surface area contributed by atoms with Crippen LogP contribution in [0.2, 0.25) is 0 Å². The summed E-state index contributed by atoms with van der Waals surface area (Å²) in [5.74, 6) is 0.415. The molecule has 1 aliphatic rings. The summed E-state index contributed by atoms with van der Waals surface area (Å²) in [5, 5.41) is 11.7. The molecule has 1 unspecified atom stereocenters. The Morgan fingerprint density at radius 1 is 1.16 bits per heavy atom. The first-order valence-corrected chi connectivity index (χ1v) is 13.0. The van der Waals surface area contributed by atoms with Gasteiger partial charge in [-0.25, -0.2) is 19.0 Å². The Bertz CT molecular complexity index is 1610. The first-order chi connectivity index (χ1) is 18.0. The monoisotopic (exact) mass is 515 g/mol. The molecule has 0 radical (unpaired) electrons. The molecule has 0 spiro atoms. The van der Waals surface area contributed by atoms with Crippen molar-refractivity contribution in [1.29, 1.82) is 0 Å². The Labute approximate surface area is 217 Å². The van der Waals surface area contributed by atoms with E-state index in [1.807, 2.05) is 19.3 Å². The average molecular weight is 516 g/mol. The average Bonchev–Trinajstić information content (AvgIpc) is 3.56. The number of amides is 1. The maximum atomic E-state index is 14.2. The van der Waals surface area contributed by atoms with E-state index in [4.69, 9.17) is 0 Å². The minimum absolute atomic E-state index is 0.0197. The van der Waals surface area contributed by atoms with E-state index in [1.165, 1.54) is 22.5 Å². The second-order valence-electron chi connectivity index (χ2n) is 9.39. The SMILES string of the molecule is Cc1ccc(-n2cc3c(N4CCN(C)C(C(=O)NCc5ccc6sccc6c5)C4)ncnc3n2)cc1F. The van der Waals surface area contributed by atoms with Crippen LogP contribution < -0.4 is 10.2 Å². The van der Waals surface area contributed by atoms with E-state index in [0.29, 0.717) is 43.1 Å². The van der Waals surface area contributed by atoms with E-state index in [9.17, 15) is 9.18 Å². The van der Waals surface area contributed by atoms with Crippen molar-refractivity contribution in [3.8, 4) is 5.69 Å². The van der Waals surface area contributed by atoms with E-state index in [-0.39, 0.29) is 17.8 Å². The predicted octanol–water partition coefficient (Wildman–Crippen LogP) is 3.91. The minimum Gasteiger partial charge on any atom is -0.353 e. The summed E-state index contributed by atoms with van der Waals surface area (Å²) in [6.45, 7) is 4.12. The highest BCUT2D eigenvalue weighted by Crippen LogP contribution is 2.26. The van der Waals surface area contributed by atoms with Crippen molar-refractivity contribution in [2.45, 2.75) is 19.5 Å². The summed E-state index contributed by atoms with van der Waals surface area (Å²) in [5.41, 5.74) is 2.79. The van der Waals surface area contributed by atoms with Crippen molar-refractivity contribution in [1.82, 2.24) is 30.0 Å². The topological polar surface area (TPSA) is 79.2 Å². The maximum Gasteiger partial charge on any atom is 0.239 e. The van der Waals surface area contributed by atoms with Crippen LogP contribution in [-0.4, -0.2) is 63.3 Å². The molecular formula is C27H26FN7OS. The van der Waals surface area contributed by atoms with Gasteiger partial charge in [0.1, 0.15) is 24.0 Å². The van der Waals surface area contributed by atoms with E-state index < -0.39 is 0 Å². The Morgan fingerprint density at radius 3 is 2.92 bits per heavy atom. The van der Waals surface area contributed by atoms with Gasteiger partial charge in [0.15, 0.2) is 5.65 Å². The lowest BCUT2D eigenvalue weighted by Crippen LogP contribution is -2.57. The van der Waals surface area contributed by atoms with E-state index in [1.54, 1.807) is 29.0 Å². The summed E-state index contributed by atoms with van der Waals surface area (Å²) in [6, 6.07) is 13.1. The highest BCUT2D eigenvalue weighted by atomic mass is 32.1. The van der Waals surface area contributed by atoms with Crippen molar-refractivity contribution >= 4 is 44.2 Å². The summed E-state index contributed by atoms with van der Waals surface area (Å²) >= 11 is 1.71. The third-order valence-corrected chi connectivity index (χ3v) is 7.85. The molecule has 8 nitrogen and oxygen atoms in total. The molecule has 1 atom stereocenters. The molecule has 10 heteroatoms. The Morgan fingerprint density at radius 2 is 2.05 bits per heavy atom. The van der Waals surface area contributed by atoms with Gasteiger partial charge in [-0.1, -0.05) is 12.1 Å². The summed E-state index contributed by atoms with van der Waals surface area (Å²) in [6.07, 6.45) is 3.31. The molecule has 1 amide bonds. The second kappa shape index (κ2) is 9.53. The van der Waals surface area contributed by atoms with Gasteiger partial charge < -0.3 is 10.2 Å². The van der Waals surface area contributed by atoms with Crippen molar-refractivity contribution in [3.63, 3.8) is 0 Å². The highest BCUT2D eigenvalue weighted by molar-refractivity contribution is 7.17. The van der Waals surface area contributed by atoms with Crippen molar-refractivity contribution < 1.29 is 9.18 Å². The smallest absolute Gasteiger partial charge is 0.239 e. The van der Waals surface area contributed by atoms with Crippen LogP contribution in [0, 0.1) is 12.7 Å². The van der Waals surface area contributed by atoms with Gasteiger partial charge in [0.25, 0.3) is 0 Å².